The lowest BCUT2D eigenvalue weighted by Gasteiger charge is -2.36. The van der Waals surface area contributed by atoms with Crippen molar-refractivity contribution in [2.24, 2.45) is 0 Å². The SMILES string of the molecule is C1CCC(N2CCOCC2)CC1.COCCc1ccccc1/C=C\S. The van der Waals surface area contributed by atoms with E-state index in [1.807, 2.05) is 18.2 Å². The zero-order valence-electron chi connectivity index (χ0n) is 15.5. The fourth-order valence-electron chi connectivity index (χ4n) is 3.61. The highest BCUT2D eigenvalue weighted by Crippen LogP contribution is 2.22. The number of hydrogen-bond acceptors (Lipinski definition) is 4. The Morgan fingerprint density at radius 2 is 1.88 bits per heavy atom. The van der Waals surface area contributed by atoms with Crippen LogP contribution in [-0.2, 0) is 15.9 Å². The van der Waals surface area contributed by atoms with Crippen LogP contribution in [0.5, 0.6) is 0 Å². The summed E-state index contributed by atoms with van der Waals surface area (Å²) in [6, 6.07) is 9.16. The fourth-order valence-corrected chi connectivity index (χ4v) is 3.77. The summed E-state index contributed by atoms with van der Waals surface area (Å²) in [5, 5.41) is 1.76. The van der Waals surface area contributed by atoms with Gasteiger partial charge in [-0.2, -0.15) is 12.6 Å². The molecule has 4 heteroatoms. The van der Waals surface area contributed by atoms with Crippen LogP contribution in [-0.4, -0.2) is 51.0 Å². The number of rotatable bonds is 5. The van der Waals surface area contributed by atoms with Gasteiger partial charge < -0.3 is 9.47 Å². The Morgan fingerprint density at radius 1 is 1.16 bits per heavy atom. The molecule has 1 aromatic rings. The molecule has 0 radical (unpaired) electrons. The molecule has 25 heavy (non-hydrogen) atoms. The number of ether oxygens (including phenoxy) is 2. The first-order chi connectivity index (χ1) is 12.3. The maximum atomic E-state index is 5.35. The molecule has 0 amide bonds. The van der Waals surface area contributed by atoms with Crippen LogP contribution in [0.2, 0.25) is 0 Å². The Balaban J connectivity index is 0.000000181. The van der Waals surface area contributed by atoms with Crippen molar-refractivity contribution < 1.29 is 9.47 Å². The zero-order valence-corrected chi connectivity index (χ0v) is 16.4. The zero-order chi connectivity index (χ0) is 17.7. The highest BCUT2D eigenvalue weighted by molar-refractivity contribution is 7.83. The smallest absolute Gasteiger partial charge is 0.0594 e. The Labute approximate surface area is 158 Å². The molecule has 0 bridgehead atoms. The van der Waals surface area contributed by atoms with Crippen LogP contribution in [0.1, 0.15) is 43.2 Å². The molecular formula is C21H33NO2S. The van der Waals surface area contributed by atoms with E-state index in [9.17, 15) is 0 Å². The van der Waals surface area contributed by atoms with Gasteiger partial charge in [0.1, 0.15) is 0 Å². The molecule has 0 spiro atoms. The van der Waals surface area contributed by atoms with Gasteiger partial charge in [-0.25, -0.2) is 0 Å². The summed E-state index contributed by atoms with van der Waals surface area (Å²) in [6.45, 7) is 5.01. The summed E-state index contributed by atoms with van der Waals surface area (Å²) >= 11 is 4.06. The van der Waals surface area contributed by atoms with Gasteiger partial charge in [-0.05, 0) is 41.9 Å². The molecule has 1 aliphatic carbocycles. The third kappa shape index (κ3) is 7.53. The van der Waals surface area contributed by atoms with E-state index in [1.165, 1.54) is 56.3 Å². The molecule has 140 valence electrons. The van der Waals surface area contributed by atoms with E-state index in [1.54, 1.807) is 12.5 Å². The van der Waals surface area contributed by atoms with Gasteiger partial charge in [0.15, 0.2) is 0 Å². The van der Waals surface area contributed by atoms with Crippen LogP contribution < -0.4 is 0 Å². The van der Waals surface area contributed by atoms with E-state index < -0.39 is 0 Å². The Bertz CT molecular complexity index is 478. The quantitative estimate of drug-likeness (QED) is 0.782. The molecule has 1 aromatic carbocycles. The molecule has 3 nitrogen and oxygen atoms in total. The summed E-state index contributed by atoms with van der Waals surface area (Å²) in [6.07, 6.45) is 10.2. The standard InChI is InChI=1S/C11H14OS.C10H19NO/c1-12-8-6-10-4-2-3-5-11(10)7-9-13;1-2-4-10(5-3-1)11-6-8-12-9-7-11/h2-5,7,9,13H,6,8H2,1H3;10H,1-9H2/b9-7-;. The summed E-state index contributed by atoms with van der Waals surface area (Å²) in [4.78, 5) is 2.63. The Morgan fingerprint density at radius 3 is 2.56 bits per heavy atom. The lowest BCUT2D eigenvalue weighted by atomic mass is 9.94. The number of methoxy groups -OCH3 is 1. The molecule has 2 fully saturated rings. The van der Waals surface area contributed by atoms with Gasteiger partial charge in [0.25, 0.3) is 0 Å². The molecule has 2 aliphatic rings. The van der Waals surface area contributed by atoms with Gasteiger partial charge in [0, 0.05) is 26.2 Å². The largest absolute Gasteiger partial charge is 0.384 e. The van der Waals surface area contributed by atoms with Gasteiger partial charge in [-0.3, -0.25) is 4.90 Å². The highest BCUT2D eigenvalue weighted by atomic mass is 32.1. The predicted molar refractivity (Wildman–Crippen MR) is 109 cm³/mol. The molecule has 3 rings (SSSR count). The molecule has 1 saturated heterocycles. The maximum absolute atomic E-state index is 5.35. The van der Waals surface area contributed by atoms with E-state index in [4.69, 9.17) is 9.47 Å². The molecule has 1 heterocycles. The van der Waals surface area contributed by atoms with E-state index in [2.05, 4.69) is 29.7 Å². The summed E-state index contributed by atoms with van der Waals surface area (Å²) in [5.41, 5.74) is 2.52. The van der Waals surface area contributed by atoms with Gasteiger partial charge in [-0.15, -0.1) is 0 Å². The van der Waals surface area contributed by atoms with Crippen molar-refractivity contribution in [2.45, 2.75) is 44.6 Å². The number of morpholine rings is 1. The normalized spacial score (nSPS) is 19.6. The lowest BCUT2D eigenvalue weighted by molar-refractivity contribution is 0.00858. The topological polar surface area (TPSA) is 21.7 Å². The van der Waals surface area contributed by atoms with E-state index >= 15 is 0 Å². The third-order valence-corrected chi connectivity index (χ3v) is 5.17. The second kappa shape index (κ2) is 12.5. The minimum absolute atomic E-state index is 0.761. The average molecular weight is 364 g/mol. The van der Waals surface area contributed by atoms with Crippen molar-refractivity contribution in [3.05, 3.63) is 40.8 Å². The van der Waals surface area contributed by atoms with Crippen molar-refractivity contribution in [1.82, 2.24) is 4.90 Å². The number of benzene rings is 1. The molecule has 0 unspecified atom stereocenters. The number of hydrogen-bond donors (Lipinski definition) is 1. The second-order valence-corrected chi connectivity index (χ2v) is 7.00. The first-order valence-corrected chi connectivity index (χ1v) is 10.1. The first-order valence-electron chi connectivity index (χ1n) is 9.54. The van der Waals surface area contributed by atoms with Crippen LogP contribution in [0.15, 0.2) is 29.7 Å². The first kappa shape index (κ1) is 20.5. The maximum Gasteiger partial charge on any atom is 0.0594 e. The van der Waals surface area contributed by atoms with Crippen LogP contribution in [0, 0.1) is 0 Å². The van der Waals surface area contributed by atoms with Gasteiger partial charge >= 0.3 is 0 Å². The molecule has 0 atom stereocenters. The molecular weight excluding hydrogens is 330 g/mol. The summed E-state index contributed by atoms with van der Waals surface area (Å²) in [5.74, 6) is 0. The third-order valence-electron chi connectivity index (χ3n) is 5.02. The van der Waals surface area contributed by atoms with E-state index in [0.29, 0.717) is 0 Å². The van der Waals surface area contributed by atoms with Crippen LogP contribution in [0.4, 0.5) is 0 Å². The summed E-state index contributed by atoms with van der Waals surface area (Å²) in [7, 11) is 1.72. The monoisotopic (exact) mass is 363 g/mol. The Kier molecular flexibility index (Phi) is 10.3. The second-order valence-electron chi connectivity index (χ2n) is 6.70. The molecule has 1 saturated carbocycles. The number of thiol groups is 1. The van der Waals surface area contributed by atoms with Crippen molar-refractivity contribution in [3.8, 4) is 0 Å². The van der Waals surface area contributed by atoms with Gasteiger partial charge in [0.2, 0.25) is 0 Å². The predicted octanol–water partition coefficient (Wildman–Crippen LogP) is 4.43. The van der Waals surface area contributed by atoms with E-state index in [-0.39, 0.29) is 0 Å². The molecule has 0 aromatic heterocycles. The summed E-state index contributed by atoms with van der Waals surface area (Å²) < 4.78 is 10.4. The van der Waals surface area contributed by atoms with Crippen molar-refractivity contribution in [3.63, 3.8) is 0 Å². The van der Waals surface area contributed by atoms with Crippen molar-refractivity contribution >= 4 is 18.7 Å². The number of nitrogens with zero attached hydrogens (tertiary/aromatic N) is 1. The van der Waals surface area contributed by atoms with Crippen molar-refractivity contribution in [2.75, 3.05) is 40.0 Å². The Hall–Kier alpha value is -0.810. The van der Waals surface area contributed by atoms with Crippen LogP contribution >= 0.6 is 12.6 Å². The lowest BCUT2D eigenvalue weighted by Crippen LogP contribution is -2.44. The van der Waals surface area contributed by atoms with Crippen LogP contribution in [0.25, 0.3) is 6.08 Å². The van der Waals surface area contributed by atoms with Gasteiger partial charge in [-0.1, -0.05) is 43.5 Å². The van der Waals surface area contributed by atoms with Gasteiger partial charge in [0.05, 0.1) is 19.8 Å². The average Bonchev–Trinajstić information content (AvgIpc) is 2.69. The van der Waals surface area contributed by atoms with E-state index in [0.717, 1.165) is 32.3 Å². The fraction of sp³-hybridized carbons (Fsp3) is 0.619. The van der Waals surface area contributed by atoms with Crippen molar-refractivity contribution in [1.29, 1.82) is 0 Å². The minimum Gasteiger partial charge on any atom is -0.384 e. The highest BCUT2D eigenvalue weighted by Gasteiger charge is 2.22. The van der Waals surface area contributed by atoms with Crippen LogP contribution in [0.3, 0.4) is 0 Å². The molecule has 1 aliphatic heterocycles. The molecule has 0 N–H and O–H groups in total. The minimum atomic E-state index is 0.761.